The van der Waals surface area contributed by atoms with Crippen LogP contribution < -0.4 is 15.5 Å². The predicted octanol–water partition coefficient (Wildman–Crippen LogP) is 4.16. The first-order chi connectivity index (χ1) is 14.1. The molecule has 2 N–H and O–H groups in total. The van der Waals surface area contributed by atoms with E-state index in [0.717, 1.165) is 38.9 Å². The van der Waals surface area contributed by atoms with Gasteiger partial charge in [0.15, 0.2) is 16.8 Å². The lowest BCUT2D eigenvalue weighted by atomic mass is 10.1. The van der Waals surface area contributed by atoms with E-state index in [0.29, 0.717) is 11.7 Å². The molecule has 1 aromatic carbocycles. The molecule has 0 saturated carbocycles. The fourth-order valence-electron chi connectivity index (χ4n) is 3.16. The number of hydrogen-bond acceptors (Lipinski definition) is 9. The number of hydrazine groups is 1. The predicted molar refractivity (Wildman–Crippen MR) is 119 cm³/mol. The molecule has 7 nitrogen and oxygen atoms in total. The van der Waals surface area contributed by atoms with Crippen LogP contribution in [0, 0.1) is 5.92 Å². The molecule has 0 fully saturated rings. The van der Waals surface area contributed by atoms with Gasteiger partial charge in [-0.25, -0.2) is 20.0 Å². The fourth-order valence-corrected chi connectivity index (χ4v) is 4.36. The number of nitrogens with zero attached hydrogens (tertiary/aromatic N) is 4. The first-order valence-corrected chi connectivity index (χ1v) is 11.7. The maximum absolute atomic E-state index is 5.77. The molecule has 2 aromatic rings. The van der Waals surface area contributed by atoms with Crippen LogP contribution in [-0.4, -0.2) is 39.0 Å². The van der Waals surface area contributed by atoms with Gasteiger partial charge in [0.1, 0.15) is 29.0 Å². The van der Waals surface area contributed by atoms with Crippen molar-refractivity contribution in [1.29, 1.82) is 0 Å². The molecule has 1 unspecified atom stereocenters. The number of anilines is 1. The first-order valence-electron chi connectivity index (χ1n) is 9.53. The molecule has 9 heteroatoms. The van der Waals surface area contributed by atoms with Crippen molar-refractivity contribution in [2.75, 3.05) is 17.3 Å². The van der Waals surface area contributed by atoms with E-state index < -0.39 is 0 Å². The van der Waals surface area contributed by atoms with Crippen molar-refractivity contribution in [3.8, 4) is 5.75 Å². The fraction of sp³-hybridized carbons (Fsp3) is 0.350. The van der Waals surface area contributed by atoms with Gasteiger partial charge in [-0.05, 0) is 30.1 Å². The smallest absolute Gasteiger partial charge is 0.190 e. The molecule has 1 atom stereocenters. The molecule has 0 amide bonds. The normalized spacial score (nSPS) is 18.8. The summed E-state index contributed by atoms with van der Waals surface area (Å²) in [7, 11) is 0. The second-order valence-electron chi connectivity index (χ2n) is 6.86. The molecule has 3 heterocycles. The Morgan fingerprint density at radius 3 is 2.72 bits per heavy atom. The summed E-state index contributed by atoms with van der Waals surface area (Å²) in [6.07, 6.45) is 3.67. The van der Waals surface area contributed by atoms with E-state index in [1.165, 1.54) is 0 Å². The van der Waals surface area contributed by atoms with Crippen LogP contribution in [0.2, 0.25) is 0 Å². The lowest BCUT2D eigenvalue weighted by Gasteiger charge is -2.38. The van der Waals surface area contributed by atoms with Gasteiger partial charge in [0.2, 0.25) is 0 Å². The number of aromatic nitrogens is 2. The monoisotopic (exact) mass is 428 g/mol. The van der Waals surface area contributed by atoms with Crippen LogP contribution >= 0.6 is 23.5 Å². The Hall–Kier alpha value is -2.39. The van der Waals surface area contributed by atoms with E-state index >= 15 is 0 Å². The second kappa shape index (κ2) is 8.54. The number of nitrogens with one attached hydrogen (secondary N) is 2. The van der Waals surface area contributed by atoms with Crippen molar-refractivity contribution >= 4 is 35.2 Å². The molecule has 0 aliphatic carbocycles. The van der Waals surface area contributed by atoms with Crippen LogP contribution in [0.3, 0.4) is 0 Å². The number of ether oxygens (including phenoxy) is 1. The largest absolute Gasteiger partial charge is 0.461 e. The molecule has 152 valence electrons. The van der Waals surface area contributed by atoms with E-state index in [-0.39, 0.29) is 6.17 Å². The standard InChI is InChI=1S/C20H24N6OS2/c1-5-29-20-23-16-15(19(24-20)28-4)18-21-14(11-27-13-9-7-6-8-10-13)25-26(18)17(22-16)12(2)3/h6-12,17,25H,5H2,1-4H3,(H,22,23,24). The minimum Gasteiger partial charge on any atom is -0.461 e. The third kappa shape index (κ3) is 4.02. The number of benzene rings is 1. The number of amidine groups is 1. The first kappa shape index (κ1) is 19.9. The molecule has 0 radical (unpaired) electrons. The second-order valence-corrected chi connectivity index (χ2v) is 8.88. The summed E-state index contributed by atoms with van der Waals surface area (Å²) < 4.78 is 5.77. The van der Waals surface area contributed by atoms with Crippen LogP contribution in [0.1, 0.15) is 26.3 Å². The van der Waals surface area contributed by atoms with Crippen molar-refractivity contribution in [3.05, 3.63) is 48.0 Å². The van der Waals surface area contributed by atoms with Gasteiger partial charge >= 0.3 is 0 Å². The Morgan fingerprint density at radius 1 is 1.24 bits per heavy atom. The average Bonchev–Trinajstić information content (AvgIpc) is 3.15. The number of fused-ring (bicyclic) bond motifs is 3. The summed E-state index contributed by atoms with van der Waals surface area (Å²) in [4.78, 5) is 14.3. The number of para-hydroxylation sites is 1. The van der Waals surface area contributed by atoms with E-state index in [1.54, 1.807) is 29.8 Å². The number of thioether (sulfide) groups is 2. The molecule has 0 spiro atoms. The van der Waals surface area contributed by atoms with Gasteiger partial charge in [0, 0.05) is 0 Å². The molecule has 0 saturated heterocycles. The highest BCUT2D eigenvalue weighted by atomic mass is 32.2. The van der Waals surface area contributed by atoms with E-state index in [1.807, 2.05) is 41.6 Å². The molecular weight excluding hydrogens is 404 g/mol. The minimum absolute atomic E-state index is 0.00737. The van der Waals surface area contributed by atoms with Crippen LogP contribution in [-0.2, 0) is 0 Å². The van der Waals surface area contributed by atoms with Gasteiger partial charge in [0.25, 0.3) is 0 Å². The van der Waals surface area contributed by atoms with Crippen LogP contribution in [0.4, 0.5) is 5.82 Å². The Morgan fingerprint density at radius 2 is 2.03 bits per heavy atom. The van der Waals surface area contributed by atoms with Crippen molar-refractivity contribution in [1.82, 2.24) is 20.4 Å². The lowest BCUT2D eigenvalue weighted by molar-refractivity contribution is 0.231. The third-order valence-electron chi connectivity index (χ3n) is 4.48. The molecule has 0 bridgehead atoms. The summed E-state index contributed by atoms with van der Waals surface area (Å²) in [5, 5.41) is 7.32. The summed E-state index contributed by atoms with van der Waals surface area (Å²) in [5.74, 6) is 4.31. The Labute approximate surface area is 179 Å². The van der Waals surface area contributed by atoms with Gasteiger partial charge in [0.05, 0.1) is 5.56 Å². The van der Waals surface area contributed by atoms with E-state index in [9.17, 15) is 0 Å². The highest BCUT2D eigenvalue weighted by Gasteiger charge is 2.39. The topological polar surface area (TPSA) is 74.7 Å². The summed E-state index contributed by atoms with van der Waals surface area (Å²) in [6, 6.07) is 9.65. The highest BCUT2D eigenvalue weighted by Crippen LogP contribution is 2.36. The van der Waals surface area contributed by atoms with Crippen molar-refractivity contribution in [3.63, 3.8) is 0 Å². The Kier molecular flexibility index (Phi) is 5.86. The Bertz CT molecular complexity index is 947. The minimum atomic E-state index is 0.00737. The van der Waals surface area contributed by atoms with E-state index in [4.69, 9.17) is 19.7 Å². The zero-order valence-electron chi connectivity index (χ0n) is 16.8. The van der Waals surface area contributed by atoms with Crippen molar-refractivity contribution < 1.29 is 4.74 Å². The van der Waals surface area contributed by atoms with Crippen LogP contribution in [0.15, 0.2) is 57.6 Å². The van der Waals surface area contributed by atoms with Crippen molar-refractivity contribution in [2.45, 2.75) is 37.1 Å². The molecule has 4 rings (SSSR count). The molecule has 2 aliphatic heterocycles. The highest BCUT2D eigenvalue weighted by molar-refractivity contribution is 7.99. The van der Waals surface area contributed by atoms with Gasteiger partial charge in [-0.1, -0.05) is 50.7 Å². The quantitative estimate of drug-likeness (QED) is 0.307. The van der Waals surface area contributed by atoms with Crippen molar-refractivity contribution in [2.24, 2.45) is 10.9 Å². The number of aliphatic imine (C=N–C) groups is 1. The summed E-state index contributed by atoms with van der Waals surface area (Å²) in [5.41, 5.74) is 4.28. The van der Waals surface area contributed by atoms with Gasteiger partial charge in [-0.2, -0.15) is 0 Å². The maximum atomic E-state index is 5.77. The van der Waals surface area contributed by atoms with Crippen LogP contribution in [0.5, 0.6) is 5.75 Å². The van der Waals surface area contributed by atoms with Gasteiger partial charge in [-0.15, -0.1) is 11.8 Å². The summed E-state index contributed by atoms with van der Waals surface area (Å²) in [6.45, 7) is 6.44. The van der Waals surface area contributed by atoms with Crippen LogP contribution in [0.25, 0.3) is 0 Å². The SMILES string of the molecule is CCSc1nc2c(c(SC)n1)C1=NC(=COc3ccccc3)NN1C(C(C)C)N2. The Balaban J connectivity index is 1.73. The van der Waals surface area contributed by atoms with E-state index in [2.05, 4.69) is 31.5 Å². The maximum Gasteiger partial charge on any atom is 0.190 e. The zero-order valence-corrected chi connectivity index (χ0v) is 18.5. The van der Waals surface area contributed by atoms with Gasteiger partial charge in [-0.3, -0.25) is 5.43 Å². The number of hydrogen-bond donors (Lipinski definition) is 2. The molecule has 2 aliphatic rings. The molecule has 1 aromatic heterocycles. The zero-order chi connectivity index (χ0) is 20.4. The molecule has 29 heavy (non-hydrogen) atoms. The third-order valence-corrected chi connectivity index (χ3v) is 5.89. The van der Waals surface area contributed by atoms with Gasteiger partial charge < -0.3 is 10.1 Å². The lowest BCUT2D eigenvalue weighted by Crippen LogP contribution is -2.55. The summed E-state index contributed by atoms with van der Waals surface area (Å²) >= 11 is 3.25. The molecular formula is C20H24N6OS2. The average molecular weight is 429 g/mol. The number of rotatable bonds is 6.